The van der Waals surface area contributed by atoms with E-state index >= 15 is 0 Å². The first-order chi connectivity index (χ1) is 10.1. The number of nitrogens with zero attached hydrogens (tertiary/aromatic N) is 1. The standard InChI is InChI=1S/C16H17FN2OS/c1-11-6-7-12(10-13(11)17)18-16(20)19-8-2-4-14(19)15-5-3-9-21-15/h3,5-7,9-10,14H,2,4,8H2,1H3,(H,18,20)/t14-/m1/s1. The zero-order valence-corrected chi connectivity index (χ0v) is 12.6. The van der Waals surface area contributed by atoms with Gasteiger partial charge in [-0.2, -0.15) is 0 Å². The Morgan fingerprint density at radius 3 is 3.00 bits per heavy atom. The maximum Gasteiger partial charge on any atom is 0.322 e. The lowest BCUT2D eigenvalue weighted by Crippen LogP contribution is -2.34. The normalized spacial score (nSPS) is 18.0. The molecule has 3 rings (SSSR count). The lowest BCUT2D eigenvalue weighted by Gasteiger charge is -2.24. The summed E-state index contributed by atoms with van der Waals surface area (Å²) in [6, 6.07) is 8.81. The Balaban J connectivity index is 1.73. The molecule has 1 fully saturated rings. The molecule has 1 atom stereocenters. The second-order valence-electron chi connectivity index (χ2n) is 5.26. The molecule has 0 saturated carbocycles. The SMILES string of the molecule is Cc1ccc(NC(=O)N2CCC[C@@H]2c2cccs2)cc1F. The van der Waals surface area contributed by atoms with Crippen LogP contribution in [0.5, 0.6) is 0 Å². The Labute approximate surface area is 127 Å². The molecule has 1 aromatic carbocycles. The summed E-state index contributed by atoms with van der Waals surface area (Å²) in [5, 5.41) is 4.82. The number of likely N-dealkylation sites (tertiary alicyclic amines) is 1. The van der Waals surface area contributed by atoms with Crippen molar-refractivity contribution >= 4 is 23.1 Å². The van der Waals surface area contributed by atoms with Crippen LogP contribution >= 0.6 is 11.3 Å². The Kier molecular flexibility index (Phi) is 3.92. The number of aryl methyl sites for hydroxylation is 1. The molecule has 21 heavy (non-hydrogen) atoms. The first kappa shape index (κ1) is 14.1. The van der Waals surface area contributed by atoms with E-state index < -0.39 is 0 Å². The number of nitrogens with one attached hydrogen (secondary N) is 1. The van der Waals surface area contributed by atoms with Crippen molar-refractivity contribution in [2.45, 2.75) is 25.8 Å². The van der Waals surface area contributed by atoms with Gasteiger partial charge in [0.1, 0.15) is 5.82 Å². The second kappa shape index (κ2) is 5.85. The number of urea groups is 1. The van der Waals surface area contributed by atoms with Gasteiger partial charge in [0.25, 0.3) is 0 Å². The molecule has 1 saturated heterocycles. The largest absolute Gasteiger partial charge is 0.322 e. The molecule has 2 amide bonds. The quantitative estimate of drug-likeness (QED) is 0.866. The van der Waals surface area contributed by atoms with Gasteiger partial charge in [-0.1, -0.05) is 12.1 Å². The number of hydrogen-bond donors (Lipinski definition) is 1. The van der Waals surface area contributed by atoms with Crippen molar-refractivity contribution < 1.29 is 9.18 Å². The van der Waals surface area contributed by atoms with Gasteiger partial charge in [-0.3, -0.25) is 0 Å². The number of carbonyl (C=O) groups excluding carboxylic acids is 1. The van der Waals surface area contributed by atoms with E-state index in [-0.39, 0.29) is 17.9 Å². The van der Waals surface area contributed by atoms with E-state index in [0.29, 0.717) is 11.3 Å². The van der Waals surface area contributed by atoms with Crippen molar-refractivity contribution in [1.29, 1.82) is 0 Å². The van der Waals surface area contributed by atoms with Crippen LogP contribution in [0, 0.1) is 12.7 Å². The monoisotopic (exact) mass is 304 g/mol. The van der Waals surface area contributed by atoms with Crippen molar-refractivity contribution in [2.24, 2.45) is 0 Å². The van der Waals surface area contributed by atoms with Gasteiger partial charge in [0.05, 0.1) is 6.04 Å². The van der Waals surface area contributed by atoms with Gasteiger partial charge in [0.15, 0.2) is 0 Å². The van der Waals surface area contributed by atoms with Gasteiger partial charge < -0.3 is 10.2 Å². The van der Waals surface area contributed by atoms with E-state index in [1.165, 1.54) is 10.9 Å². The number of carbonyl (C=O) groups is 1. The number of hydrogen-bond acceptors (Lipinski definition) is 2. The molecule has 0 radical (unpaired) electrons. The topological polar surface area (TPSA) is 32.3 Å². The van der Waals surface area contributed by atoms with Crippen LogP contribution in [-0.2, 0) is 0 Å². The Morgan fingerprint density at radius 2 is 2.29 bits per heavy atom. The Hall–Kier alpha value is -1.88. The van der Waals surface area contributed by atoms with Gasteiger partial charge >= 0.3 is 6.03 Å². The third-order valence-corrected chi connectivity index (χ3v) is 4.78. The summed E-state index contributed by atoms with van der Waals surface area (Å²) in [5.41, 5.74) is 1.07. The highest BCUT2D eigenvalue weighted by molar-refractivity contribution is 7.10. The number of halogens is 1. The average Bonchev–Trinajstić information content (AvgIpc) is 3.12. The third-order valence-electron chi connectivity index (χ3n) is 3.81. The molecule has 0 unspecified atom stereocenters. The molecule has 110 valence electrons. The smallest absolute Gasteiger partial charge is 0.317 e. The Bertz CT molecular complexity index is 642. The van der Waals surface area contributed by atoms with Crippen LogP contribution in [-0.4, -0.2) is 17.5 Å². The highest BCUT2D eigenvalue weighted by Gasteiger charge is 2.30. The summed E-state index contributed by atoms with van der Waals surface area (Å²) in [6.45, 7) is 2.44. The van der Waals surface area contributed by atoms with Crippen molar-refractivity contribution in [2.75, 3.05) is 11.9 Å². The zero-order chi connectivity index (χ0) is 14.8. The molecule has 0 bridgehead atoms. The molecule has 3 nitrogen and oxygen atoms in total. The van der Waals surface area contributed by atoms with E-state index in [1.54, 1.807) is 30.4 Å². The maximum absolute atomic E-state index is 13.5. The van der Waals surface area contributed by atoms with E-state index in [1.807, 2.05) is 16.3 Å². The van der Waals surface area contributed by atoms with Crippen molar-refractivity contribution in [1.82, 2.24) is 4.90 Å². The van der Waals surface area contributed by atoms with Crippen LogP contribution in [0.15, 0.2) is 35.7 Å². The third kappa shape index (κ3) is 2.93. The fourth-order valence-electron chi connectivity index (χ4n) is 2.65. The highest BCUT2D eigenvalue weighted by atomic mass is 32.1. The lowest BCUT2D eigenvalue weighted by atomic mass is 10.2. The van der Waals surface area contributed by atoms with E-state index in [0.717, 1.165) is 19.4 Å². The molecular formula is C16H17FN2OS. The van der Waals surface area contributed by atoms with Gasteiger partial charge in [-0.05, 0) is 48.9 Å². The van der Waals surface area contributed by atoms with Crippen LogP contribution in [0.1, 0.15) is 29.3 Å². The molecule has 2 heterocycles. The van der Waals surface area contributed by atoms with Gasteiger partial charge in [0.2, 0.25) is 0 Å². The summed E-state index contributed by atoms with van der Waals surface area (Å²) < 4.78 is 13.5. The molecule has 1 aliphatic heterocycles. The summed E-state index contributed by atoms with van der Waals surface area (Å²) in [4.78, 5) is 15.5. The van der Waals surface area contributed by atoms with E-state index in [9.17, 15) is 9.18 Å². The second-order valence-corrected chi connectivity index (χ2v) is 6.24. The molecule has 1 N–H and O–H groups in total. The van der Waals surface area contributed by atoms with Crippen molar-refractivity contribution in [3.8, 4) is 0 Å². The minimum atomic E-state index is -0.302. The first-order valence-corrected chi connectivity index (χ1v) is 7.90. The maximum atomic E-state index is 13.5. The summed E-state index contributed by atoms with van der Waals surface area (Å²) in [6.07, 6.45) is 1.98. The van der Waals surface area contributed by atoms with Crippen molar-refractivity contribution in [3.05, 3.63) is 52.0 Å². The van der Waals surface area contributed by atoms with Gasteiger partial charge in [-0.15, -0.1) is 11.3 Å². The molecule has 1 aromatic heterocycles. The molecule has 5 heteroatoms. The van der Waals surface area contributed by atoms with Gasteiger partial charge in [0, 0.05) is 17.1 Å². The number of anilines is 1. The molecular weight excluding hydrogens is 287 g/mol. The number of amides is 2. The van der Waals surface area contributed by atoms with E-state index in [2.05, 4.69) is 11.4 Å². The highest BCUT2D eigenvalue weighted by Crippen LogP contribution is 2.34. The van der Waals surface area contributed by atoms with Crippen LogP contribution in [0.3, 0.4) is 0 Å². The minimum absolute atomic E-state index is 0.139. The Morgan fingerprint density at radius 1 is 1.43 bits per heavy atom. The molecule has 0 aliphatic carbocycles. The zero-order valence-electron chi connectivity index (χ0n) is 11.8. The van der Waals surface area contributed by atoms with E-state index in [4.69, 9.17) is 0 Å². The number of thiophene rings is 1. The predicted octanol–water partition coefficient (Wildman–Crippen LogP) is 4.56. The van der Waals surface area contributed by atoms with Crippen LogP contribution in [0.25, 0.3) is 0 Å². The minimum Gasteiger partial charge on any atom is -0.317 e. The summed E-state index contributed by atoms with van der Waals surface area (Å²) in [5.74, 6) is -0.302. The van der Waals surface area contributed by atoms with Gasteiger partial charge in [-0.25, -0.2) is 9.18 Å². The van der Waals surface area contributed by atoms with Crippen molar-refractivity contribution in [3.63, 3.8) is 0 Å². The lowest BCUT2D eigenvalue weighted by molar-refractivity contribution is 0.208. The average molecular weight is 304 g/mol. The fraction of sp³-hybridized carbons (Fsp3) is 0.312. The van der Waals surface area contributed by atoms with Crippen LogP contribution in [0.4, 0.5) is 14.9 Å². The van der Waals surface area contributed by atoms with Crippen LogP contribution in [0.2, 0.25) is 0 Å². The fourth-order valence-corrected chi connectivity index (χ4v) is 3.53. The molecule has 0 spiro atoms. The number of benzene rings is 1. The van der Waals surface area contributed by atoms with Crippen LogP contribution < -0.4 is 5.32 Å². The summed E-state index contributed by atoms with van der Waals surface area (Å²) >= 11 is 1.67. The first-order valence-electron chi connectivity index (χ1n) is 7.02. The summed E-state index contributed by atoms with van der Waals surface area (Å²) in [7, 11) is 0. The predicted molar refractivity (Wildman–Crippen MR) is 83.2 cm³/mol. The number of rotatable bonds is 2. The molecule has 2 aromatic rings. The molecule has 1 aliphatic rings.